The lowest BCUT2D eigenvalue weighted by Gasteiger charge is -2.29. The van der Waals surface area contributed by atoms with E-state index in [9.17, 15) is 9.59 Å². The number of carbonyl (C=O) groups excluding carboxylic acids is 2. The van der Waals surface area contributed by atoms with Gasteiger partial charge in [-0.3, -0.25) is 9.69 Å². The summed E-state index contributed by atoms with van der Waals surface area (Å²) in [4.78, 5) is 26.2. The summed E-state index contributed by atoms with van der Waals surface area (Å²) < 4.78 is 5.15. The molecule has 0 aliphatic carbocycles. The van der Waals surface area contributed by atoms with Crippen molar-refractivity contribution in [2.24, 2.45) is 0 Å². The molecule has 2 aromatic carbocycles. The lowest BCUT2D eigenvalue weighted by Crippen LogP contribution is -2.40. The number of ether oxygens (including phenoxy) is 1. The van der Waals surface area contributed by atoms with Crippen molar-refractivity contribution in [2.45, 2.75) is 6.42 Å². The summed E-state index contributed by atoms with van der Waals surface area (Å²) in [5.74, 6) is 0.603. The number of benzene rings is 2. The number of methoxy groups -OCH3 is 1. The van der Waals surface area contributed by atoms with Gasteiger partial charge >= 0.3 is 6.03 Å². The van der Waals surface area contributed by atoms with Crippen molar-refractivity contribution >= 4 is 34.8 Å². The molecule has 1 N–H and O–H groups in total. The number of rotatable bonds is 2. The van der Waals surface area contributed by atoms with Crippen LogP contribution in [0.3, 0.4) is 0 Å². The number of halogens is 1. The second-order valence-corrected chi connectivity index (χ2v) is 5.58. The fourth-order valence-corrected chi connectivity index (χ4v) is 2.63. The number of nitrogens with zero attached hydrogens (tertiary/aromatic N) is 1. The maximum absolute atomic E-state index is 12.5. The SMILES string of the molecule is COc1ccc2c(c1)C(=O)CCN2C(=O)Nc1ccc(Cl)cc1. The fraction of sp³-hybridized carbons (Fsp3) is 0.176. The van der Waals surface area contributed by atoms with E-state index in [1.165, 1.54) is 0 Å². The Kier molecular flexibility index (Phi) is 4.21. The van der Waals surface area contributed by atoms with Crippen LogP contribution < -0.4 is 15.0 Å². The smallest absolute Gasteiger partial charge is 0.326 e. The van der Waals surface area contributed by atoms with Crippen molar-refractivity contribution in [1.29, 1.82) is 0 Å². The summed E-state index contributed by atoms with van der Waals surface area (Å²) in [5.41, 5.74) is 1.74. The number of anilines is 2. The molecule has 0 spiro atoms. The zero-order valence-electron chi connectivity index (χ0n) is 12.5. The summed E-state index contributed by atoms with van der Waals surface area (Å²) >= 11 is 5.84. The Labute approximate surface area is 138 Å². The number of carbonyl (C=O) groups is 2. The van der Waals surface area contributed by atoms with Crippen LogP contribution in [0.4, 0.5) is 16.2 Å². The molecule has 3 rings (SSSR count). The zero-order valence-corrected chi connectivity index (χ0v) is 13.3. The summed E-state index contributed by atoms with van der Waals surface area (Å²) in [6.07, 6.45) is 0.286. The Morgan fingerprint density at radius 1 is 1.22 bits per heavy atom. The topological polar surface area (TPSA) is 58.6 Å². The fourth-order valence-electron chi connectivity index (χ4n) is 2.50. The van der Waals surface area contributed by atoms with Crippen LogP contribution in [0.5, 0.6) is 5.75 Å². The van der Waals surface area contributed by atoms with E-state index in [2.05, 4.69) is 5.32 Å². The molecule has 0 radical (unpaired) electrons. The average Bonchev–Trinajstić information content (AvgIpc) is 2.57. The van der Waals surface area contributed by atoms with E-state index in [-0.39, 0.29) is 18.2 Å². The van der Waals surface area contributed by atoms with Crippen LogP contribution in [0.1, 0.15) is 16.8 Å². The summed E-state index contributed by atoms with van der Waals surface area (Å²) in [6.45, 7) is 0.345. The molecule has 23 heavy (non-hydrogen) atoms. The van der Waals surface area contributed by atoms with E-state index < -0.39 is 0 Å². The van der Waals surface area contributed by atoms with Crippen molar-refractivity contribution in [3.8, 4) is 5.75 Å². The molecule has 1 aliphatic heterocycles. The first-order valence-electron chi connectivity index (χ1n) is 7.14. The second kappa shape index (κ2) is 6.30. The van der Waals surface area contributed by atoms with E-state index in [4.69, 9.17) is 16.3 Å². The first-order chi connectivity index (χ1) is 11.1. The zero-order chi connectivity index (χ0) is 16.4. The predicted molar refractivity (Wildman–Crippen MR) is 89.8 cm³/mol. The summed E-state index contributed by atoms with van der Waals surface area (Å²) in [7, 11) is 1.54. The van der Waals surface area contributed by atoms with Crippen LogP contribution in [0.15, 0.2) is 42.5 Å². The largest absolute Gasteiger partial charge is 0.497 e. The van der Waals surface area contributed by atoms with Gasteiger partial charge in [0, 0.05) is 29.2 Å². The summed E-state index contributed by atoms with van der Waals surface area (Å²) in [5, 5.41) is 3.41. The lowest BCUT2D eigenvalue weighted by molar-refractivity contribution is 0.0981. The molecule has 1 aliphatic rings. The Balaban J connectivity index is 1.86. The van der Waals surface area contributed by atoms with Gasteiger partial charge in [0.1, 0.15) is 5.75 Å². The molecular weight excluding hydrogens is 316 g/mol. The van der Waals surface area contributed by atoms with E-state index in [0.717, 1.165) is 0 Å². The molecule has 2 amide bonds. The van der Waals surface area contributed by atoms with Gasteiger partial charge in [-0.05, 0) is 42.5 Å². The van der Waals surface area contributed by atoms with Crippen molar-refractivity contribution < 1.29 is 14.3 Å². The lowest BCUT2D eigenvalue weighted by atomic mass is 10.0. The Morgan fingerprint density at radius 3 is 2.65 bits per heavy atom. The molecule has 0 bridgehead atoms. The third-order valence-corrected chi connectivity index (χ3v) is 3.95. The summed E-state index contributed by atoms with van der Waals surface area (Å²) in [6, 6.07) is 11.7. The normalized spacial score (nSPS) is 13.5. The predicted octanol–water partition coefficient (Wildman–Crippen LogP) is 3.97. The minimum Gasteiger partial charge on any atom is -0.497 e. The molecule has 0 fully saturated rings. The standard InChI is InChI=1S/C17H15ClN2O3/c1-23-13-6-7-15-14(10-13)16(21)8-9-20(15)17(22)19-12-4-2-11(18)3-5-12/h2-7,10H,8-9H2,1H3,(H,19,22). The van der Waals surface area contributed by atoms with Gasteiger partial charge in [0.15, 0.2) is 5.78 Å². The van der Waals surface area contributed by atoms with E-state index in [0.29, 0.717) is 34.3 Å². The van der Waals surface area contributed by atoms with Crippen molar-refractivity contribution in [2.75, 3.05) is 23.9 Å². The van der Waals surface area contributed by atoms with Crippen LogP contribution in [0.2, 0.25) is 5.02 Å². The van der Waals surface area contributed by atoms with Gasteiger partial charge in [-0.25, -0.2) is 4.79 Å². The molecule has 0 saturated carbocycles. The molecule has 0 aromatic heterocycles. The van der Waals surface area contributed by atoms with Crippen molar-refractivity contribution in [3.63, 3.8) is 0 Å². The number of hydrogen-bond acceptors (Lipinski definition) is 3. The minimum atomic E-state index is -0.286. The maximum Gasteiger partial charge on any atom is 0.326 e. The first kappa shape index (κ1) is 15.4. The number of urea groups is 1. The van der Waals surface area contributed by atoms with Crippen LogP contribution >= 0.6 is 11.6 Å². The monoisotopic (exact) mass is 330 g/mol. The van der Waals surface area contributed by atoms with Crippen LogP contribution in [-0.2, 0) is 0 Å². The maximum atomic E-state index is 12.5. The molecule has 0 unspecified atom stereocenters. The van der Waals surface area contributed by atoms with Gasteiger partial charge in [0.05, 0.1) is 12.8 Å². The highest BCUT2D eigenvalue weighted by Gasteiger charge is 2.27. The molecule has 0 saturated heterocycles. The van der Waals surface area contributed by atoms with E-state index in [1.807, 2.05) is 0 Å². The van der Waals surface area contributed by atoms with Gasteiger partial charge in [-0.2, -0.15) is 0 Å². The number of hydrogen-bond donors (Lipinski definition) is 1. The third kappa shape index (κ3) is 3.14. The van der Waals surface area contributed by atoms with Crippen molar-refractivity contribution in [3.05, 3.63) is 53.1 Å². The van der Waals surface area contributed by atoms with Gasteiger partial charge in [-0.1, -0.05) is 11.6 Å². The Morgan fingerprint density at radius 2 is 1.96 bits per heavy atom. The Bertz CT molecular complexity index is 759. The molecular formula is C17H15ClN2O3. The number of Topliss-reactive ketones (excluding diaryl/α,β-unsaturated/α-hetero) is 1. The van der Waals surface area contributed by atoms with Gasteiger partial charge < -0.3 is 10.1 Å². The average molecular weight is 331 g/mol. The van der Waals surface area contributed by atoms with Gasteiger partial charge in [0.25, 0.3) is 0 Å². The molecule has 0 atom stereocenters. The molecule has 1 heterocycles. The van der Waals surface area contributed by atoms with Crippen LogP contribution in [0, 0.1) is 0 Å². The number of ketones is 1. The first-order valence-corrected chi connectivity index (χ1v) is 7.51. The number of amides is 2. The second-order valence-electron chi connectivity index (χ2n) is 5.14. The van der Waals surface area contributed by atoms with E-state index >= 15 is 0 Å². The quantitative estimate of drug-likeness (QED) is 0.906. The Hall–Kier alpha value is -2.53. The highest BCUT2D eigenvalue weighted by Crippen LogP contribution is 2.31. The van der Waals surface area contributed by atoms with Gasteiger partial charge in [-0.15, -0.1) is 0 Å². The molecule has 6 heteroatoms. The van der Waals surface area contributed by atoms with Crippen LogP contribution in [0.25, 0.3) is 0 Å². The van der Waals surface area contributed by atoms with E-state index in [1.54, 1.807) is 54.5 Å². The molecule has 5 nitrogen and oxygen atoms in total. The number of nitrogens with one attached hydrogen (secondary N) is 1. The highest BCUT2D eigenvalue weighted by molar-refractivity contribution is 6.30. The van der Waals surface area contributed by atoms with Crippen LogP contribution in [-0.4, -0.2) is 25.5 Å². The molecule has 118 valence electrons. The highest BCUT2D eigenvalue weighted by atomic mass is 35.5. The minimum absolute atomic E-state index is 0.00874. The third-order valence-electron chi connectivity index (χ3n) is 3.70. The van der Waals surface area contributed by atoms with Gasteiger partial charge in [0.2, 0.25) is 0 Å². The molecule has 2 aromatic rings. The van der Waals surface area contributed by atoms with Crippen molar-refractivity contribution in [1.82, 2.24) is 0 Å². The number of fused-ring (bicyclic) bond motifs is 1.